The summed E-state index contributed by atoms with van der Waals surface area (Å²) < 4.78 is 46.2. The van der Waals surface area contributed by atoms with E-state index in [0.717, 1.165) is 0 Å². The number of carbonyl (C=O) groups excluding carboxylic acids is 1. The SMILES string of the molecule is COC[C@@H](C[B-](F)(F)F)NC(=O)OC(C)(C)C. The quantitative estimate of drug-likeness (QED) is 0.768. The normalized spacial score (nSPS) is 14.3. The lowest BCUT2D eigenvalue weighted by Gasteiger charge is -2.26. The molecular formula is C9H18BF3NO3-. The molecule has 0 saturated carbocycles. The van der Waals surface area contributed by atoms with E-state index in [0.29, 0.717) is 0 Å². The smallest absolute Gasteiger partial charge is 0.449 e. The average Bonchev–Trinajstić information content (AvgIpc) is 1.95. The lowest BCUT2D eigenvalue weighted by Crippen LogP contribution is -2.44. The summed E-state index contributed by atoms with van der Waals surface area (Å²) in [5.41, 5.74) is -0.745. The number of alkyl carbamates (subject to hydrolysis) is 1. The van der Waals surface area contributed by atoms with Crippen LogP contribution in [0, 0.1) is 0 Å². The maximum atomic E-state index is 12.2. The van der Waals surface area contributed by atoms with Crippen LogP contribution in [0.25, 0.3) is 0 Å². The van der Waals surface area contributed by atoms with Gasteiger partial charge in [0.15, 0.2) is 0 Å². The summed E-state index contributed by atoms with van der Waals surface area (Å²) in [6, 6.07) is -1.12. The van der Waals surface area contributed by atoms with E-state index in [2.05, 4.69) is 10.1 Å². The number of halogens is 3. The summed E-state index contributed by atoms with van der Waals surface area (Å²) in [5.74, 6) is 0. The maximum Gasteiger partial charge on any atom is 0.480 e. The summed E-state index contributed by atoms with van der Waals surface area (Å²) in [4.78, 5) is 11.3. The van der Waals surface area contributed by atoms with Gasteiger partial charge >= 0.3 is 13.1 Å². The molecule has 0 aliphatic carbocycles. The van der Waals surface area contributed by atoms with Gasteiger partial charge in [0.25, 0.3) is 0 Å². The third kappa shape index (κ3) is 9.98. The summed E-state index contributed by atoms with van der Waals surface area (Å²) in [6.07, 6.45) is -1.97. The molecule has 0 saturated heterocycles. The van der Waals surface area contributed by atoms with Crippen molar-refractivity contribution in [3.8, 4) is 0 Å². The molecule has 8 heteroatoms. The van der Waals surface area contributed by atoms with Crippen molar-refractivity contribution in [2.75, 3.05) is 13.7 Å². The van der Waals surface area contributed by atoms with Gasteiger partial charge in [0.1, 0.15) is 5.60 Å². The molecule has 0 bridgehead atoms. The zero-order valence-electron chi connectivity index (χ0n) is 10.4. The number of methoxy groups -OCH3 is 1. The van der Waals surface area contributed by atoms with Gasteiger partial charge in [0, 0.05) is 13.2 Å². The number of ether oxygens (including phenoxy) is 2. The van der Waals surface area contributed by atoms with E-state index in [1.165, 1.54) is 7.11 Å². The Balaban J connectivity index is 4.30. The van der Waals surface area contributed by atoms with Gasteiger partial charge in [0.05, 0.1) is 6.61 Å². The van der Waals surface area contributed by atoms with E-state index in [9.17, 15) is 17.7 Å². The lowest BCUT2D eigenvalue weighted by molar-refractivity contribution is 0.0475. The number of nitrogens with one attached hydrogen (secondary N) is 1. The van der Waals surface area contributed by atoms with Crippen LogP contribution in [0.4, 0.5) is 17.7 Å². The molecule has 0 aromatic heterocycles. The Hall–Kier alpha value is -0.915. The minimum absolute atomic E-state index is 0.208. The summed E-state index contributed by atoms with van der Waals surface area (Å²) >= 11 is 0. The zero-order chi connectivity index (χ0) is 13.7. The molecule has 1 amide bonds. The molecule has 0 radical (unpaired) electrons. The van der Waals surface area contributed by atoms with Crippen molar-refractivity contribution in [1.82, 2.24) is 5.32 Å². The zero-order valence-corrected chi connectivity index (χ0v) is 10.4. The lowest BCUT2D eigenvalue weighted by atomic mass is 9.82. The second kappa shape index (κ2) is 6.14. The predicted octanol–water partition coefficient (Wildman–Crippen LogP) is 2.37. The minimum atomic E-state index is -4.98. The molecule has 0 aromatic rings. The molecule has 0 aromatic carbocycles. The molecule has 1 N–H and O–H groups in total. The maximum absolute atomic E-state index is 12.2. The number of hydrogen-bond donors (Lipinski definition) is 1. The Morgan fingerprint density at radius 2 is 1.88 bits per heavy atom. The molecule has 0 spiro atoms. The second-order valence-corrected chi connectivity index (χ2v) is 4.74. The van der Waals surface area contributed by atoms with E-state index >= 15 is 0 Å². The number of carbonyl (C=O) groups is 1. The van der Waals surface area contributed by atoms with Gasteiger partial charge in [-0.3, -0.25) is 0 Å². The Morgan fingerprint density at radius 3 is 2.24 bits per heavy atom. The molecular weight excluding hydrogens is 238 g/mol. The van der Waals surface area contributed by atoms with Crippen LogP contribution in [0.5, 0.6) is 0 Å². The Morgan fingerprint density at radius 1 is 1.35 bits per heavy atom. The monoisotopic (exact) mass is 256 g/mol. The first-order valence-corrected chi connectivity index (χ1v) is 5.23. The topological polar surface area (TPSA) is 47.6 Å². The van der Waals surface area contributed by atoms with E-state index in [1.54, 1.807) is 20.8 Å². The summed E-state index contributed by atoms with van der Waals surface area (Å²) in [5, 5.41) is 2.14. The first kappa shape index (κ1) is 16.1. The fraction of sp³-hybridized carbons (Fsp3) is 0.889. The van der Waals surface area contributed by atoms with Crippen LogP contribution in [0.2, 0.25) is 6.32 Å². The number of rotatable bonds is 5. The van der Waals surface area contributed by atoms with Crippen molar-refractivity contribution in [3.63, 3.8) is 0 Å². The molecule has 17 heavy (non-hydrogen) atoms. The van der Waals surface area contributed by atoms with Crippen molar-refractivity contribution in [2.24, 2.45) is 0 Å². The van der Waals surface area contributed by atoms with Crippen molar-refractivity contribution in [3.05, 3.63) is 0 Å². The van der Waals surface area contributed by atoms with Crippen molar-refractivity contribution in [2.45, 2.75) is 38.7 Å². The molecule has 0 unspecified atom stereocenters. The van der Waals surface area contributed by atoms with Crippen LogP contribution >= 0.6 is 0 Å². The van der Waals surface area contributed by atoms with Crippen molar-refractivity contribution < 1.29 is 27.2 Å². The molecule has 1 atom stereocenters. The van der Waals surface area contributed by atoms with Crippen LogP contribution in [0.3, 0.4) is 0 Å². The van der Waals surface area contributed by atoms with Crippen molar-refractivity contribution in [1.29, 1.82) is 0 Å². The van der Waals surface area contributed by atoms with Gasteiger partial charge in [-0.1, -0.05) is 6.32 Å². The highest BCUT2D eigenvalue weighted by atomic mass is 19.4. The largest absolute Gasteiger partial charge is 0.480 e. The Kier molecular flexibility index (Phi) is 5.81. The van der Waals surface area contributed by atoms with Crippen LogP contribution < -0.4 is 5.32 Å². The van der Waals surface area contributed by atoms with Crippen LogP contribution in [0.1, 0.15) is 20.8 Å². The van der Waals surface area contributed by atoms with Gasteiger partial charge in [-0.15, -0.1) is 0 Å². The fourth-order valence-electron chi connectivity index (χ4n) is 1.17. The third-order valence-electron chi connectivity index (χ3n) is 1.64. The van der Waals surface area contributed by atoms with Crippen LogP contribution in [-0.4, -0.2) is 38.4 Å². The summed E-state index contributed by atoms with van der Waals surface area (Å²) in [6.45, 7) is -0.296. The predicted molar refractivity (Wildman–Crippen MR) is 58.9 cm³/mol. The summed E-state index contributed by atoms with van der Waals surface area (Å²) in [7, 11) is 1.27. The van der Waals surface area contributed by atoms with Gasteiger partial charge in [-0.2, -0.15) is 0 Å². The van der Waals surface area contributed by atoms with Gasteiger partial charge < -0.3 is 27.7 Å². The van der Waals surface area contributed by atoms with E-state index in [-0.39, 0.29) is 6.61 Å². The van der Waals surface area contributed by atoms with Crippen molar-refractivity contribution >= 4 is 13.1 Å². The number of hydrogen-bond acceptors (Lipinski definition) is 3. The molecule has 0 rings (SSSR count). The van der Waals surface area contributed by atoms with Crippen LogP contribution in [-0.2, 0) is 9.47 Å². The molecule has 4 nitrogen and oxygen atoms in total. The van der Waals surface area contributed by atoms with E-state index in [1.807, 2.05) is 0 Å². The highest BCUT2D eigenvalue weighted by Gasteiger charge is 2.29. The van der Waals surface area contributed by atoms with Crippen LogP contribution in [0.15, 0.2) is 0 Å². The number of amides is 1. The fourth-order valence-corrected chi connectivity index (χ4v) is 1.17. The first-order valence-electron chi connectivity index (χ1n) is 5.23. The molecule has 0 fully saturated rings. The van der Waals surface area contributed by atoms with Gasteiger partial charge in [-0.05, 0) is 20.8 Å². The van der Waals surface area contributed by atoms with Gasteiger partial charge in [0.2, 0.25) is 0 Å². The standard InChI is InChI=1S/C9H18BF3NO3/c1-9(2,3)17-8(15)14-7(6-16-4)5-10(11,12)13/h7H,5-6H2,1-4H3,(H,14,15)/q-1/t7-/m1/s1. The Bertz CT molecular complexity index is 253. The minimum Gasteiger partial charge on any atom is -0.449 e. The van der Waals surface area contributed by atoms with E-state index < -0.39 is 31.0 Å². The first-order chi connectivity index (χ1) is 7.53. The molecule has 0 aliphatic heterocycles. The highest BCUT2D eigenvalue weighted by molar-refractivity contribution is 6.58. The van der Waals surface area contributed by atoms with Gasteiger partial charge in [-0.25, -0.2) is 4.79 Å². The molecule has 0 heterocycles. The third-order valence-corrected chi connectivity index (χ3v) is 1.64. The molecule has 102 valence electrons. The molecule has 0 aliphatic rings. The second-order valence-electron chi connectivity index (χ2n) is 4.74. The average molecular weight is 256 g/mol. The highest BCUT2D eigenvalue weighted by Crippen LogP contribution is 2.17. The Labute approximate surface area is 98.9 Å². The van der Waals surface area contributed by atoms with E-state index in [4.69, 9.17) is 4.74 Å².